The number of carboxylic acids is 1. The number of methoxy groups -OCH3 is 1. The van der Waals surface area contributed by atoms with Crippen LogP contribution < -0.4 is 9.64 Å². The second-order valence-corrected chi connectivity index (χ2v) is 3.47. The molecule has 0 aliphatic rings. The molecule has 0 atom stereocenters. The first-order valence-electron chi connectivity index (χ1n) is 5.21. The Morgan fingerprint density at radius 2 is 2.35 bits per heavy atom. The third kappa shape index (κ3) is 4.07. The molecule has 0 fully saturated rings. The van der Waals surface area contributed by atoms with Gasteiger partial charge in [0.05, 0.1) is 20.1 Å². The van der Waals surface area contributed by atoms with Crippen molar-refractivity contribution in [1.29, 1.82) is 0 Å². The van der Waals surface area contributed by atoms with Gasteiger partial charge in [0.15, 0.2) is 0 Å². The zero-order valence-corrected chi connectivity index (χ0v) is 9.72. The molecule has 1 N–H and O–H groups in total. The van der Waals surface area contributed by atoms with Gasteiger partial charge in [0.2, 0.25) is 0 Å². The zero-order chi connectivity index (χ0) is 12.7. The molecule has 0 amide bonds. The number of nitrogens with zero attached hydrogens (tertiary/aromatic N) is 1. The lowest BCUT2D eigenvalue weighted by atomic mass is 10.2. The number of hydrogen-bond donors (Lipinski definition) is 1. The molecule has 90 valence electrons. The van der Waals surface area contributed by atoms with E-state index < -0.39 is 5.97 Å². The summed E-state index contributed by atoms with van der Waals surface area (Å²) < 4.78 is 5.11. The molecule has 1 aromatic rings. The van der Waals surface area contributed by atoms with Gasteiger partial charge in [-0.1, -0.05) is 12.0 Å². The van der Waals surface area contributed by atoms with E-state index in [-0.39, 0.29) is 6.42 Å². The minimum atomic E-state index is -0.838. The molecule has 0 aliphatic heterocycles. The monoisotopic (exact) mass is 233 g/mol. The first-order chi connectivity index (χ1) is 8.17. The van der Waals surface area contributed by atoms with Crippen LogP contribution in [0.3, 0.4) is 0 Å². The van der Waals surface area contributed by atoms with Gasteiger partial charge in [-0.15, -0.1) is 6.42 Å². The largest absolute Gasteiger partial charge is 0.497 e. The minimum Gasteiger partial charge on any atom is -0.497 e. The normalized spacial score (nSPS) is 9.41. The summed E-state index contributed by atoms with van der Waals surface area (Å²) in [5.41, 5.74) is 0.864. The Morgan fingerprint density at radius 1 is 1.59 bits per heavy atom. The Bertz CT molecular complexity index is 423. The molecule has 0 aromatic heterocycles. The molecule has 4 nitrogen and oxygen atoms in total. The third-order valence-electron chi connectivity index (χ3n) is 2.30. The molecule has 1 rings (SSSR count). The van der Waals surface area contributed by atoms with Crippen molar-refractivity contribution in [3.63, 3.8) is 0 Å². The van der Waals surface area contributed by atoms with Gasteiger partial charge in [-0.3, -0.25) is 4.79 Å². The molecule has 0 unspecified atom stereocenters. The van der Waals surface area contributed by atoms with Gasteiger partial charge in [-0.2, -0.15) is 0 Å². The van der Waals surface area contributed by atoms with Crippen molar-refractivity contribution in [1.82, 2.24) is 0 Å². The molecular weight excluding hydrogens is 218 g/mol. The van der Waals surface area contributed by atoms with Gasteiger partial charge in [0, 0.05) is 18.3 Å². The molecule has 0 saturated heterocycles. The second kappa shape index (κ2) is 6.44. The molecule has 0 heterocycles. The lowest BCUT2D eigenvalue weighted by Crippen LogP contribution is -2.26. The molecule has 0 saturated carbocycles. The fraction of sp³-hybridized carbons (Fsp3) is 0.308. The number of aliphatic carboxylic acids is 1. The number of rotatable bonds is 6. The number of anilines is 1. The van der Waals surface area contributed by atoms with Crippen LogP contribution >= 0.6 is 0 Å². The zero-order valence-electron chi connectivity index (χ0n) is 9.72. The fourth-order valence-corrected chi connectivity index (χ4v) is 1.45. The van der Waals surface area contributed by atoms with E-state index >= 15 is 0 Å². The van der Waals surface area contributed by atoms with Crippen molar-refractivity contribution in [2.24, 2.45) is 0 Å². The Labute approximate surface area is 101 Å². The van der Waals surface area contributed by atoms with E-state index in [9.17, 15) is 4.79 Å². The molecule has 0 bridgehead atoms. The van der Waals surface area contributed by atoms with Crippen LogP contribution in [0.4, 0.5) is 5.69 Å². The summed E-state index contributed by atoms with van der Waals surface area (Å²) >= 11 is 0. The topological polar surface area (TPSA) is 49.8 Å². The first kappa shape index (κ1) is 12.9. The Morgan fingerprint density at radius 3 is 2.94 bits per heavy atom. The SMILES string of the molecule is C#CCN(CCC(=O)O)c1cccc(OC)c1. The highest BCUT2D eigenvalue weighted by molar-refractivity contribution is 5.67. The number of ether oxygens (including phenoxy) is 1. The molecular formula is C13H15NO3. The molecule has 0 spiro atoms. The van der Waals surface area contributed by atoms with E-state index in [1.165, 1.54) is 0 Å². The smallest absolute Gasteiger partial charge is 0.305 e. The van der Waals surface area contributed by atoms with Crippen LogP contribution in [0.2, 0.25) is 0 Å². The highest BCUT2D eigenvalue weighted by Gasteiger charge is 2.08. The summed E-state index contributed by atoms with van der Waals surface area (Å²) in [6.45, 7) is 0.757. The number of terminal acetylenes is 1. The summed E-state index contributed by atoms with van der Waals surface area (Å²) in [7, 11) is 1.59. The van der Waals surface area contributed by atoms with E-state index in [1.807, 2.05) is 29.2 Å². The van der Waals surface area contributed by atoms with Crippen molar-refractivity contribution < 1.29 is 14.6 Å². The Kier molecular flexibility index (Phi) is 4.89. The number of hydrogen-bond acceptors (Lipinski definition) is 3. The number of carbonyl (C=O) groups is 1. The predicted molar refractivity (Wildman–Crippen MR) is 66.3 cm³/mol. The van der Waals surface area contributed by atoms with Crippen LogP contribution in [-0.4, -0.2) is 31.3 Å². The van der Waals surface area contributed by atoms with Gasteiger partial charge in [-0.25, -0.2) is 0 Å². The molecule has 17 heavy (non-hydrogen) atoms. The van der Waals surface area contributed by atoms with Gasteiger partial charge < -0.3 is 14.7 Å². The van der Waals surface area contributed by atoms with Crippen LogP contribution in [0, 0.1) is 12.3 Å². The summed E-state index contributed by atoms with van der Waals surface area (Å²) in [5, 5.41) is 8.68. The standard InChI is InChI=1S/C13H15NO3/c1-3-8-14(9-7-13(15)16)11-5-4-6-12(10-11)17-2/h1,4-6,10H,7-9H2,2H3,(H,15,16). The van der Waals surface area contributed by atoms with E-state index in [2.05, 4.69) is 5.92 Å². The molecule has 0 aliphatic carbocycles. The van der Waals surface area contributed by atoms with E-state index in [0.717, 1.165) is 11.4 Å². The summed E-state index contributed by atoms with van der Waals surface area (Å²) in [6.07, 6.45) is 5.33. The summed E-state index contributed by atoms with van der Waals surface area (Å²) in [4.78, 5) is 12.4. The van der Waals surface area contributed by atoms with Crippen LogP contribution in [0.25, 0.3) is 0 Å². The first-order valence-corrected chi connectivity index (χ1v) is 5.21. The average Bonchev–Trinajstić information content (AvgIpc) is 2.34. The summed E-state index contributed by atoms with van der Waals surface area (Å²) in [6, 6.07) is 7.38. The third-order valence-corrected chi connectivity index (χ3v) is 2.30. The van der Waals surface area contributed by atoms with Crippen molar-refractivity contribution in [3.05, 3.63) is 24.3 Å². The molecule has 4 heteroatoms. The van der Waals surface area contributed by atoms with Crippen LogP contribution in [0.5, 0.6) is 5.75 Å². The van der Waals surface area contributed by atoms with E-state index in [4.69, 9.17) is 16.3 Å². The van der Waals surface area contributed by atoms with Crippen LogP contribution in [-0.2, 0) is 4.79 Å². The number of benzene rings is 1. The summed E-state index contributed by atoms with van der Waals surface area (Å²) in [5.74, 6) is 2.40. The van der Waals surface area contributed by atoms with E-state index in [0.29, 0.717) is 13.1 Å². The van der Waals surface area contributed by atoms with Gasteiger partial charge >= 0.3 is 5.97 Å². The highest BCUT2D eigenvalue weighted by Crippen LogP contribution is 2.20. The fourth-order valence-electron chi connectivity index (χ4n) is 1.45. The van der Waals surface area contributed by atoms with Crippen LogP contribution in [0.1, 0.15) is 6.42 Å². The second-order valence-electron chi connectivity index (χ2n) is 3.47. The van der Waals surface area contributed by atoms with Gasteiger partial charge in [0.25, 0.3) is 0 Å². The molecule has 0 radical (unpaired) electrons. The maximum absolute atomic E-state index is 10.6. The minimum absolute atomic E-state index is 0.0545. The maximum Gasteiger partial charge on any atom is 0.305 e. The Balaban J connectivity index is 2.81. The van der Waals surface area contributed by atoms with Crippen molar-refractivity contribution in [2.75, 3.05) is 25.1 Å². The van der Waals surface area contributed by atoms with Crippen molar-refractivity contribution in [2.45, 2.75) is 6.42 Å². The quantitative estimate of drug-likeness (QED) is 0.758. The van der Waals surface area contributed by atoms with E-state index in [1.54, 1.807) is 7.11 Å². The highest BCUT2D eigenvalue weighted by atomic mass is 16.5. The van der Waals surface area contributed by atoms with Crippen molar-refractivity contribution in [3.8, 4) is 18.1 Å². The van der Waals surface area contributed by atoms with Gasteiger partial charge in [-0.05, 0) is 12.1 Å². The van der Waals surface area contributed by atoms with Crippen molar-refractivity contribution >= 4 is 11.7 Å². The maximum atomic E-state index is 10.6. The van der Waals surface area contributed by atoms with Crippen LogP contribution in [0.15, 0.2) is 24.3 Å². The van der Waals surface area contributed by atoms with Gasteiger partial charge in [0.1, 0.15) is 5.75 Å². The predicted octanol–water partition coefficient (Wildman–Crippen LogP) is 1.61. The number of carboxylic acid groups (broad SMARTS) is 1. The molecule has 1 aromatic carbocycles. The Hall–Kier alpha value is -2.15. The average molecular weight is 233 g/mol. The lowest BCUT2D eigenvalue weighted by molar-refractivity contribution is -0.136. The lowest BCUT2D eigenvalue weighted by Gasteiger charge is -2.21.